The Balaban J connectivity index is 2.73. The van der Waals surface area contributed by atoms with Crippen molar-refractivity contribution in [3.8, 4) is 11.5 Å². The lowest BCUT2D eigenvalue weighted by Gasteiger charge is -2.21. The van der Waals surface area contributed by atoms with Crippen LogP contribution in [0.4, 0.5) is 0 Å². The molecule has 1 atom stereocenters. The van der Waals surface area contributed by atoms with Crippen molar-refractivity contribution in [1.29, 1.82) is 0 Å². The number of phenols is 1. The van der Waals surface area contributed by atoms with Gasteiger partial charge in [0.05, 0.1) is 7.11 Å². The van der Waals surface area contributed by atoms with E-state index < -0.39 is 11.9 Å². The number of nitrogens with zero attached hydrogens (tertiary/aromatic N) is 1. The minimum atomic E-state index is -0.627. The second-order valence-electron chi connectivity index (χ2n) is 4.75. The van der Waals surface area contributed by atoms with Crippen molar-refractivity contribution in [1.82, 2.24) is 10.2 Å². The Morgan fingerprint density at radius 3 is 2.57 bits per heavy atom. The highest BCUT2D eigenvalue weighted by Gasteiger charge is 2.18. The molecule has 1 aromatic rings. The molecule has 1 unspecified atom stereocenters. The largest absolute Gasteiger partial charge is 0.504 e. The SMILES string of the molecule is CCN(CC)CCNC(C(N)=O)c1ccc(OC)c(O)c1. The van der Waals surface area contributed by atoms with E-state index in [0.717, 1.165) is 19.6 Å². The smallest absolute Gasteiger partial charge is 0.239 e. The summed E-state index contributed by atoms with van der Waals surface area (Å²) in [4.78, 5) is 13.9. The second-order valence-corrected chi connectivity index (χ2v) is 4.75. The summed E-state index contributed by atoms with van der Waals surface area (Å²) in [5.74, 6) is -0.115. The van der Waals surface area contributed by atoms with Gasteiger partial charge in [0, 0.05) is 13.1 Å². The molecule has 0 aromatic heterocycles. The Morgan fingerprint density at radius 1 is 1.43 bits per heavy atom. The number of ether oxygens (including phenoxy) is 1. The van der Waals surface area contributed by atoms with Crippen LogP contribution in [0.2, 0.25) is 0 Å². The van der Waals surface area contributed by atoms with Gasteiger partial charge in [-0.3, -0.25) is 4.79 Å². The summed E-state index contributed by atoms with van der Waals surface area (Å²) in [5, 5.41) is 12.9. The first-order chi connectivity index (χ1) is 10.0. The summed E-state index contributed by atoms with van der Waals surface area (Å²) < 4.78 is 4.99. The first-order valence-corrected chi connectivity index (χ1v) is 7.15. The zero-order valence-corrected chi connectivity index (χ0v) is 12.9. The fourth-order valence-corrected chi connectivity index (χ4v) is 2.18. The molecule has 0 aliphatic heterocycles. The minimum absolute atomic E-state index is 0.00760. The lowest BCUT2D eigenvalue weighted by atomic mass is 10.1. The van der Waals surface area contributed by atoms with E-state index in [4.69, 9.17) is 10.5 Å². The van der Waals surface area contributed by atoms with Crippen LogP contribution in [0.1, 0.15) is 25.5 Å². The maximum absolute atomic E-state index is 11.6. The molecule has 1 rings (SSSR count). The first-order valence-electron chi connectivity index (χ1n) is 7.15. The molecule has 0 saturated carbocycles. The molecule has 6 heteroatoms. The Hall–Kier alpha value is -1.79. The number of carbonyl (C=O) groups excluding carboxylic acids is 1. The highest BCUT2D eigenvalue weighted by Crippen LogP contribution is 2.28. The zero-order chi connectivity index (χ0) is 15.8. The second kappa shape index (κ2) is 8.49. The van der Waals surface area contributed by atoms with Gasteiger partial charge in [0.15, 0.2) is 11.5 Å². The third-order valence-corrected chi connectivity index (χ3v) is 3.49. The van der Waals surface area contributed by atoms with Gasteiger partial charge in [-0.1, -0.05) is 19.9 Å². The number of likely N-dealkylation sites (N-methyl/N-ethyl adjacent to an activating group) is 1. The lowest BCUT2D eigenvalue weighted by molar-refractivity contribution is -0.120. The van der Waals surface area contributed by atoms with Gasteiger partial charge in [-0.25, -0.2) is 0 Å². The van der Waals surface area contributed by atoms with Gasteiger partial charge in [0.2, 0.25) is 5.91 Å². The average Bonchev–Trinajstić information content (AvgIpc) is 2.47. The van der Waals surface area contributed by atoms with E-state index in [2.05, 4.69) is 24.1 Å². The summed E-state index contributed by atoms with van der Waals surface area (Å²) in [5.41, 5.74) is 6.07. The highest BCUT2D eigenvalue weighted by molar-refractivity contribution is 5.81. The molecule has 0 saturated heterocycles. The van der Waals surface area contributed by atoms with Crippen LogP contribution in [-0.2, 0) is 4.79 Å². The molecule has 0 aliphatic rings. The Morgan fingerprint density at radius 2 is 2.10 bits per heavy atom. The number of phenolic OH excluding ortho intramolecular Hbond substituents is 1. The Labute approximate surface area is 125 Å². The van der Waals surface area contributed by atoms with Crippen LogP contribution < -0.4 is 15.8 Å². The summed E-state index contributed by atoms with van der Waals surface area (Å²) in [6.07, 6.45) is 0. The van der Waals surface area contributed by atoms with Crippen molar-refractivity contribution >= 4 is 5.91 Å². The summed E-state index contributed by atoms with van der Waals surface area (Å²) in [6, 6.07) is 4.21. The van der Waals surface area contributed by atoms with E-state index in [1.807, 2.05) is 0 Å². The number of nitrogens with one attached hydrogen (secondary N) is 1. The predicted octanol–water partition coefficient (Wildman–Crippen LogP) is 0.859. The molecular formula is C15H25N3O3. The molecule has 21 heavy (non-hydrogen) atoms. The van der Waals surface area contributed by atoms with E-state index in [9.17, 15) is 9.90 Å². The molecule has 6 nitrogen and oxygen atoms in total. The van der Waals surface area contributed by atoms with Crippen molar-refractivity contribution in [3.63, 3.8) is 0 Å². The average molecular weight is 295 g/mol. The number of carbonyl (C=O) groups is 1. The number of rotatable bonds is 9. The van der Waals surface area contributed by atoms with Crippen LogP contribution >= 0.6 is 0 Å². The van der Waals surface area contributed by atoms with Crippen molar-refractivity contribution in [2.75, 3.05) is 33.3 Å². The van der Waals surface area contributed by atoms with Crippen molar-refractivity contribution in [2.45, 2.75) is 19.9 Å². The maximum atomic E-state index is 11.6. The number of benzene rings is 1. The monoisotopic (exact) mass is 295 g/mol. The number of primary amides is 1. The summed E-state index contributed by atoms with van der Waals surface area (Å²) in [6.45, 7) is 7.58. The Kier molecular flexibility index (Phi) is 6.98. The van der Waals surface area contributed by atoms with Crippen molar-refractivity contribution in [3.05, 3.63) is 23.8 Å². The normalized spacial score (nSPS) is 12.4. The molecule has 0 radical (unpaired) electrons. The molecule has 0 bridgehead atoms. The van der Waals surface area contributed by atoms with Crippen LogP contribution in [0.3, 0.4) is 0 Å². The van der Waals surface area contributed by atoms with Gasteiger partial charge in [0.25, 0.3) is 0 Å². The van der Waals surface area contributed by atoms with Gasteiger partial charge >= 0.3 is 0 Å². The molecule has 0 aliphatic carbocycles. The van der Waals surface area contributed by atoms with Crippen LogP contribution in [0.25, 0.3) is 0 Å². The number of methoxy groups -OCH3 is 1. The third kappa shape index (κ3) is 4.91. The molecule has 1 aromatic carbocycles. The molecule has 118 valence electrons. The fourth-order valence-electron chi connectivity index (χ4n) is 2.18. The van der Waals surface area contributed by atoms with Gasteiger partial charge in [-0.05, 0) is 30.8 Å². The quantitative estimate of drug-likeness (QED) is 0.629. The van der Waals surface area contributed by atoms with Crippen LogP contribution in [0, 0.1) is 0 Å². The van der Waals surface area contributed by atoms with Crippen molar-refractivity contribution in [2.24, 2.45) is 5.73 Å². The Bertz CT molecular complexity index is 461. The van der Waals surface area contributed by atoms with Crippen molar-refractivity contribution < 1.29 is 14.6 Å². The van der Waals surface area contributed by atoms with Crippen LogP contribution in [0.15, 0.2) is 18.2 Å². The van der Waals surface area contributed by atoms with Gasteiger partial charge in [0.1, 0.15) is 6.04 Å². The van der Waals surface area contributed by atoms with E-state index in [1.54, 1.807) is 12.1 Å². The van der Waals surface area contributed by atoms with E-state index in [0.29, 0.717) is 17.9 Å². The predicted molar refractivity (Wildman–Crippen MR) is 82.4 cm³/mol. The summed E-state index contributed by atoms with van der Waals surface area (Å²) >= 11 is 0. The van der Waals surface area contributed by atoms with E-state index in [-0.39, 0.29) is 5.75 Å². The van der Waals surface area contributed by atoms with E-state index >= 15 is 0 Å². The number of amides is 1. The molecular weight excluding hydrogens is 270 g/mol. The molecule has 0 spiro atoms. The van der Waals surface area contributed by atoms with Crippen LogP contribution in [-0.4, -0.2) is 49.2 Å². The minimum Gasteiger partial charge on any atom is -0.504 e. The molecule has 4 N–H and O–H groups in total. The van der Waals surface area contributed by atoms with Gasteiger partial charge in [-0.2, -0.15) is 0 Å². The zero-order valence-electron chi connectivity index (χ0n) is 12.9. The highest BCUT2D eigenvalue weighted by atomic mass is 16.5. The van der Waals surface area contributed by atoms with E-state index in [1.165, 1.54) is 13.2 Å². The number of hydrogen-bond donors (Lipinski definition) is 3. The molecule has 1 amide bonds. The third-order valence-electron chi connectivity index (χ3n) is 3.49. The lowest BCUT2D eigenvalue weighted by Crippen LogP contribution is -2.38. The first kappa shape index (κ1) is 17.3. The van der Waals surface area contributed by atoms with Gasteiger partial charge < -0.3 is 25.8 Å². The topological polar surface area (TPSA) is 87.8 Å². The summed E-state index contributed by atoms with van der Waals surface area (Å²) in [7, 11) is 1.47. The number of hydrogen-bond acceptors (Lipinski definition) is 5. The standard InChI is InChI=1S/C15H25N3O3/c1-4-18(5-2)9-8-17-14(15(16)20)11-6-7-13(21-3)12(19)10-11/h6-7,10,14,17,19H,4-5,8-9H2,1-3H3,(H2,16,20). The number of aromatic hydroxyl groups is 1. The van der Waals surface area contributed by atoms with Crippen LogP contribution in [0.5, 0.6) is 11.5 Å². The molecule has 0 heterocycles. The van der Waals surface area contributed by atoms with Gasteiger partial charge in [-0.15, -0.1) is 0 Å². The maximum Gasteiger partial charge on any atom is 0.239 e. The molecule has 0 fully saturated rings. The number of nitrogens with two attached hydrogens (primary N) is 1. The fraction of sp³-hybridized carbons (Fsp3) is 0.533.